The Labute approximate surface area is 127 Å². The zero-order chi connectivity index (χ0) is 13.8. The highest BCUT2D eigenvalue weighted by molar-refractivity contribution is 9.10. The molecule has 5 heteroatoms. The second-order valence-electron chi connectivity index (χ2n) is 5.32. The van der Waals surface area contributed by atoms with Crippen LogP contribution in [0.4, 0.5) is 0 Å². The molecule has 0 aromatic heterocycles. The summed E-state index contributed by atoms with van der Waals surface area (Å²) in [5.41, 5.74) is 1.21. The van der Waals surface area contributed by atoms with Crippen LogP contribution in [0.2, 0.25) is 0 Å². The lowest BCUT2D eigenvalue weighted by atomic mass is 10.1. The predicted molar refractivity (Wildman–Crippen MR) is 80.4 cm³/mol. The van der Waals surface area contributed by atoms with Gasteiger partial charge in [0.15, 0.2) is 11.5 Å². The van der Waals surface area contributed by atoms with E-state index >= 15 is 0 Å². The third-order valence-electron chi connectivity index (χ3n) is 3.65. The zero-order valence-electron chi connectivity index (χ0n) is 11.5. The molecule has 1 N–H and O–H groups in total. The summed E-state index contributed by atoms with van der Waals surface area (Å²) in [5.74, 6) is 2.33. The Morgan fingerprint density at radius 2 is 2.10 bits per heavy atom. The van der Waals surface area contributed by atoms with Crippen LogP contribution >= 0.6 is 15.9 Å². The van der Waals surface area contributed by atoms with Crippen molar-refractivity contribution in [2.45, 2.75) is 19.4 Å². The first-order valence-electron chi connectivity index (χ1n) is 7.19. The average Bonchev–Trinajstić information content (AvgIpc) is 2.83. The van der Waals surface area contributed by atoms with Gasteiger partial charge in [-0.3, -0.25) is 0 Å². The van der Waals surface area contributed by atoms with Crippen LogP contribution in [0.15, 0.2) is 16.6 Å². The first-order valence-corrected chi connectivity index (χ1v) is 7.99. The molecule has 2 aliphatic rings. The molecule has 0 saturated carbocycles. The van der Waals surface area contributed by atoms with Crippen LogP contribution in [0, 0.1) is 5.92 Å². The van der Waals surface area contributed by atoms with E-state index in [-0.39, 0.29) is 0 Å². The van der Waals surface area contributed by atoms with Gasteiger partial charge in [-0.05, 0) is 46.0 Å². The lowest BCUT2D eigenvalue weighted by Gasteiger charge is -2.13. The first kappa shape index (κ1) is 14.2. The van der Waals surface area contributed by atoms with E-state index in [0.29, 0.717) is 12.5 Å². The van der Waals surface area contributed by atoms with Crippen molar-refractivity contribution in [2.24, 2.45) is 5.92 Å². The number of nitrogens with one attached hydrogen (secondary N) is 1. The first-order chi connectivity index (χ1) is 9.83. The maximum atomic E-state index is 5.75. The van der Waals surface area contributed by atoms with Crippen LogP contribution in [-0.2, 0) is 11.3 Å². The molecule has 0 radical (unpaired) electrons. The molecule has 1 aromatic carbocycles. The fourth-order valence-electron chi connectivity index (χ4n) is 2.55. The van der Waals surface area contributed by atoms with E-state index in [4.69, 9.17) is 14.2 Å². The van der Waals surface area contributed by atoms with Crippen LogP contribution in [0.25, 0.3) is 0 Å². The molecule has 0 bridgehead atoms. The van der Waals surface area contributed by atoms with Gasteiger partial charge in [-0.15, -0.1) is 0 Å². The quantitative estimate of drug-likeness (QED) is 0.913. The average molecular weight is 342 g/mol. The molecule has 20 heavy (non-hydrogen) atoms. The number of hydrogen-bond donors (Lipinski definition) is 1. The SMILES string of the molecule is Brc1cc(CNCC2CCOC2)cc2c1OCCCO2. The Morgan fingerprint density at radius 1 is 1.20 bits per heavy atom. The third kappa shape index (κ3) is 3.45. The molecular weight excluding hydrogens is 322 g/mol. The van der Waals surface area contributed by atoms with Crippen LogP contribution < -0.4 is 14.8 Å². The van der Waals surface area contributed by atoms with Gasteiger partial charge in [0, 0.05) is 26.1 Å². The minimum Gasteiger partial charge on any atom is -0.490 e. The minimum atomic E-state index is 0.652. The number of hydrogen-bond acceptors (Lipinski definition) is 4. The summed E-state index contributed by atoms with van der Waals surface area (Å²) >= 11 is 3.57. The van der Waals surface area contributed by atoms with E-state index in [1.165, 1.54) is 5.56 Å². The van der Waals surface area contributed by atoms with Crippen molar-refractivity contribution in [1.29, 1.82) is 0 Å². The summed E-state index contributed by atoms with van der Waals surface area (Å²) in [6.07, 6.45) is 2.09. The molecule has 0 amide bonds. The Balaban J connectivity index is 1.61. The molecule has 0 aliphatic carbocycles. The Hall–Kier alpha value is -0.780. The van der Waals surface area contributed by atoms with E-state index in [1.807, 2.05) is 0 Å². The molecular formula is C15H20BrNO3. The summed E-state index contributed by atoms with van der Waals surface area (Å²) in [6, 6.07) is 4.18. The van der Waals surface area contributed by atoms with Gasteiger partial charge in [0.25, 0.3) is 0 Å². The van der Waals surface area contributed by atoms with E-state index in [9.17, 15) is 0 Å². The summed E-state index contributed by atoms with van der Waals surface area (Å²) < 4.78 is 17.8. The zero-order valence-corrected chi connectivity index (χ0v) is 13.1. The van der Waals surface area contributed by atoms with E-state index in [0.717, 1.165) is 61.7 Å². The third-order valence-corrected chi connectivity index (χ3v) is 4.24. The van der Waals surface area contributed by atoms with Crippen molar-refractivity contribution in [3.63, 3.8) is 0 Å². The monoisotopic (exact) mass is 341 g/mol. The summed E-state index contributed by atoms with van der Waals surface area (Å²) in [6.45, 7) is 5.07. The number of halogens is 1. The molecule has 0 spiro atoms. The Bertz CT molecular complexity index is 461. The molecule has 110 valence electrons. The molecule has 3 rings (SSSR count). The lowest BCUT2D eigenvalue weighted by Crippen LogP contribution is -2.22. The van der Waals surface area contributed by atoms with Gasteiger partial charge in [0.1, 0.15) is 0 Å². The van der Waals surface area contributed by atoms with Crippen molar-refractivity contribution >= 4 is 15.9 Å². The molecule has 2 aliphatic heterocycles. The van der Waals surface area contributed by atoms with Crippen LogP contribution in [0.1, 0.15) is 18.4 Å². The number of benzene rings is 1. The largest absolute Gasteiger partial charge is 0.490 e. The molecule has 1 unspecified atom stereocenters. The minimum absolute atomic E-state index is 0.652. The number of ether oxygens (including phenoxy) is 3. The summed E-state index contributed by atoms with van der Waals surface area (Å²) in [5, 5.41) is 3.50. The standard InChI is InChI=1S/C15H20BrNO3/c16-13-6-12(9-17-8-11-2-5-18-10-11)7-14-15(13)20-4-1-3-19-14/h6-7,11,17H,1-5,8-10H2. The number of fused-ring (bicyclic) bond motifs is 1. The van der Waals surface area contributed by atoms with Crippen LogP contribution in [-0.4, -0.2) is 33.0 Å². The topological polar surface area (TPSA) is 39.7 Å². The highest BCUT2D eigenvalue weighted by Gasteiger charge is 2.17. The fourth-order valence-corrected chi connectivity index (χ4v) is 3.16. The van der Waals surface area contributed by atoms with Gasteiger partial charge < -0.3 is 19.5 Å². The molecule has 1 fully saturated rings. The second kappa shape index (κ2) is 6.78. The summed E-state index contributed by atoms with van der Waals surface area (Å²) in [4.78, 5) is 0. The molecule has 4 nitrogen and oxygen atoms in total. The molecule has 1 saturated heterocycles. The maximum Gasteiger partial charge on any atom is 0.175 e. The Morgan fingerprint density at radius 3 is 2.95 bits per heavy atom. The van der Waals surface area contributed by atoms with Crippen molar-refractivity contribution in [3.05, 3.63) is 22.2 Å². The van der Waals surface area contributed by atoms with E-state index in [2.05, 4.69) is 33.4 Å². The van der Waals surface area contributed by atoms with Gasteiger partial charge in [-0.2, -0.15) is 0 Å². The van der Waals surface area contributed by atoms with Gasteiger partial charge in [0.2, 0.25) is 0 Å². The van der Waals surface area contributed by atoms with E-state index in [1.54, 1.807) is 0 Å². The van der Waals surface area contributed by atoms with Gasteiger partial charge >= 0.3 is 0 Å². The smallest absolute Gasteiger partial charge is 0.175 e. The van der Waals surface area contributed by atoms with E-state index < -0.39 is 0 Å². The predicted octanol–water partition coefficient (Wildman–Crippen LogP) is 2.74. The second-order valence-corrected chi connectivity index (χ2v) is 6.17. The van der Waals surface area contributed by atoms with Crippen molar-refractivity contribution in [3.8, 4) is 11.5 Å². The van der Waals surface area contributed by atoms with Crippen molar-refractivity contribution in [2.75, 3.05) is 33.0 Å². The lowest BCUT2D eigenvalue weighted by molar-refractivity contribution is 0.185. The van der Waals surface area contributed by atoms with Gasteiger partial charge in [0.05, 0.1) is 24.3 Å². The van der Waals surface area contributed by atoms with Gasteiger partial charge in [-0.25, -0.2) is 0 Å². The fraction of sp³-hybridized carbons (Fsp3) is 0.600. The highest BCUT2D eigenvalue weighted by atomic mass is 79.9. The molecule has 1 atom stereocenters. The summed E-state index contributed by atoms with van der Waals surface area (Å²) in [7, 11) is 0. The Kier molecular flexibility index (Phi) is 4.81. The van der Waals surface area contributed by atoms with Crippen LogP contribution in [0.5, 0.6) is 11.5 Å². The maximum absolute atomic E-state index is 5.75. The number of rotatable bonds is 4. The molecule has 2 heterocycles. The van der Waals surface area contributed by atoms with Crippen molar-refractivity contribution in [1.82, 2.24) is 5.32 Å². The van der Waals surface area contributed by atoms with Gasteiger partial charge in [-0.1, -0.05) is 0 Å². The molecule has 1 aromatic rings. The highest BCUT2D eigenvalue weighted by Crippen LogP contribution is 2.38. The normalized spacial score (nSPS) is 21.8. The van der Waals surface area contributed by atoms with Crippen molar-refractivity contribution < 1.29 is 14.2 Å². The van der Waals surface area contributed by atoms with Crippen LogP contribution in [0.3, 0.4) is 0 Å².